The Morgan fingerprint density at radius 1 is 1.10 bits per heavy atom. The summed E-state index contributed by atoms with van der Waals surface area (Å²) in [5.41, 5.74) is 0.595. The molecule has 1 aliphatic carbocycles. The number of aromatic hydroxyl groups is 2. The molecule has 6 N–H and O–H groups in total. The van der Waals surface area contributed by atoms with Crippen LogP contribution in [0.5, 0.6) is 11.5 Å². The Morgan fingerprint density at radius 3 is 2.52 bits per heavy atom. The lowest BCUT2D eigenvalue weighted by Gasteiger charge is -2.24. The summed E-state index contributed by atoms with van der Waals surface area (Å²) in [6.07, 6.45) is 12.9. The molecular weight excluding hydrogens is 510 g/mol. The van der Waals surface area contributed by atoms with Crippen LogP contribution in [0, 0.1) is 17.8 Å². The molecule has 0 saturated heterocycles. The number of likely N-dealkylation sites (N-methyl/N-ethyl adjacent to an activating group) is 1. The molecule has 7 atom stereocenters. The van der Waals surface area contributed by atoms with Gasteiger partial charge >= 0.3 is 0 Å². The lowest BCUT2D eigenvalue weighted by atomic mass is 9.89. The van der Waals surface area contributed by atoms with E-state index in [9.17, 15) is 35.4 Å². The first kappa shape index (κ1) is 33.3. The molecule has 1 amide bonds. The molecule has 1 aromatic rings. The Bertz CT molecular complexity index is 1010. The molecule has 0 bridgehead atoms. The van der Waals surface area contributed by atoms with Crippen LogP contribution in [-0.4, -0.2) is 73.0 Å². The van der Waals surface area contributed by atoms with Crippen molar-refractivity contribution in [3.8, 4) is 11.5 Å². The van der Waals surface area contributed by atoms with Crippen molar-refractivity contribution >= 4 is 5.91 Å². The summed E-state index contributed by atoms with van der Waals surface area (Å²) in [5, 5.41) is 60.7. The van der Waals surface area contributed by atoms with Gasteiger partial charge in [-0.05, 0) is 68.1 Å². The molecule has 2 unspecified atom stereocenters. The molecule has 8 nitrogen and oxygen atoms in total. The molecule has 0 radical (unpaired) electrons. The highest BCUT2D eigenvalue weighted by atomic mass is 16.3. The minimum atomic E-state index is -1.05. The van der Waals surface area contributed by atoms with E-state index in [1.165, 1.54) is 24.1 Å². The van der Waals surface area contributed by atoms with E-state index in [-0.39, 0.29) is 48.0 Å². The number of benzene rings is 1. The normalized spacial score (nSPS) is 23.3. The number of hydrogen-bond donors (Lipinski definition) is 6. The fraction of sp³-hybridized carbons (Fsp3) is 0.531. The van der Waals surface area contributed by atoms with E-state index in [4.69, 9.17) is 0 Å². The summed E-state index contributed by atoms with van der Waals surface area (Å²) in [4.78, 5) is 13.7. The third-order valence-corrected chi connectivity index (χ3v) is 7.74. The van der Waals surface area contributed by atoms with Crippen molar-refractivity contribution in [1.29, 1.82) is 0 Å². The summed E-state index contributed by atoms with van der Waals surface area (Å²) in [7, 11) is 1.53. The molecular formula is C32H47NO7. The summed E-state index contributed by atoms with van der Waals surface area (Å²) >= 11 is 0. The highest BCUT2D eigenvalue weighted by Crippen LogP contribution is 2.36. The predicted molar refractivity (Wildman–Crippen MR) is 156 cm³/mol. The number of rotatable bonds is 17. The van der Waals surface area contributed by atoms with Gasteiger partial charge in [0, 0.05) is 32.2 Å². The van der Waals surface area contributed by atoms with E-state index < -0.39 is 24.5 Å². The van der Waals surface area contributed by atoms with Gasteiger partial charge in [-0.15, -0.1) is 13.2 Å². The SMILES string of the molecule is C=CCC(C=C)CC[C@H](O)/C=C/[C@@H]1[C@@H](C/C=C\CCCC(=O)N(C)C(O)Cc2ccc(O)c(O)c2)[C@@H](O)C[C@H]1O. The third-order valence-electron chi connectivity index (χ3n) is 7.74. The molecule has 222 valence electrons. The van der Waals surface area contributed by atoms with Gasteiger partial charge in [0.1, 0.15) is 6.23 Å². The smallest absolute Gasteiger partial charge is 0.224 e. The molecule has 0 aliphatic heterocycles. The van der Waals surface area contributed by atoms with Crippen LogP contribution in [0.4, 0.5) is 0 Å². The monoisotopic (exact) mass is 557 g/mol. The summed E-state index contributed by atoms with van der Waals surface area (Å²) < 4.78 is 0. The predicted octanol–water partition coefficient (Wildman–Crippen LogP) is 3.97. The molecule has 1 aliphatic rings. The zero-order chi connectivity index (χ0) is 29.7. The fourth-order valence-corrected chi connectivity index (χ4v) is 5.12. The van der Waals surface area contributed by atoms with E-state index in [1.54, 1.807) is 12.1 Å². The van der Waals surface area contributed by atoms with Gasteiger partial charge in [0.25, 0.3) is 0 Å². The van der Waals surface area contributed by atoms with E-state index in [0.29, 0.717) is 37.7 Å². The standard InChI is InChI=1S/C32H47NO7/c1-4-10-22(5-2)13-15-24(34)16-17-26-25(28(36)21-29(26)37)11-8-6-7-9-12-31(39)33(3)32(40)20-23-14-18-27(35)30(38)19-23/h4-6,8,14,16-19,22,24-26,28-29,32,34-38,40H,1-2,7,9-13,15,20-21H2,3H3/b8-6-,17-16+/t22?,24-,25+,26+,28-,29+,32?/m0/s1. The number of phenols is 2. The number of aliphatic hydroxyl groups excluding tert-OH is 4. The van der Waals surface area contributed by atoms with E-state index in [2.05, 4.69) is 13.2 Å². The summed E-state index contributed by atoms with van der Waals surface area (Å²) in [5.74, 6) is -0.844. The number of aliphatic hydroxyl groups is 4. The minimum absolute atomic E-state index is 0.128. The van der Waals surface area contributed by atoms with Crippen molar-refractivity contribution in [2.24, 2.45) is 17.8 Å². The van der Waals surface area contributed by atoms with E-state index in [0.717, 1.165) is 12.8 Å². The number of hydrogen-bond acceptors (Lipinski definition) is 7. The highest BCUT2D eigenvalue weighted by Gasteiger charge is 2.39. The van der Waals surface area contributed by atoms with Gasteiger partial charge in [-0.1, -0.05) is 42.5 Å². The van der Waals surface area contributed by atoms with Crippen molar-refractivity contribution in [3.05, 3.63) is 73.4 Å². The van der Waals surface area contributed by atoms with Crippen molar-refractivity contribution in [3.63, 3.8) is 0 Å². The molecule has 40 heavy (non-hydrogen) atoms. The second-order valence-electron chi connectivity index (χ2n) is 10.8. The van der Waals surface area contributed by atoms with Crippen molar-refractivity contribution < 1.29 is 35.4 Å². The number of phenolic OH excluding ortho intramolecular Hbond substituents is 2. The topological polar surface area (TPSA) is 142 Å². The molecule has 1 aromatic carbocycles. The Morgan fingerprint density at radius 2 is 1.85 bits per heavy atom. The Hall–Kier alpha value is -2.91. The zero-order valence-electron chi connectivity index (χ0n) is 23.6. The van der Waals surface area contributed by atoms with Crippen LogP contribution in [0.25, 0.3) is 0 Å². The van der Waals surface area contributed by atoms with E-state index >= 15 is 0 Å². The number of carbonyl (C=O) groups is 1. The molecule has 0 spiro atoms. The second-order valence-corrected chi connectivity index (χ2v) is 10.8. The number of carbonyl (C=O) groups excluding carboxylic acids is 1. The number of allylic oxidation sites excluding steroid dienone is 4. The van der Waals surface area contributed by atoms with Gasteiger partial charge in [0.15, 0.2) is 11.5 Å². The molecule has 1 saturated carbocycles. The van der Waals surface area contributed by atoms with Gasteiger partial charge < -0.3 is 35.5 Å². The van der Waals surface area contributed by atoms with Crippen molar-refractivity contribution in [1.82, 2.24) is 4.90 Å². The van der Waals surface area contributed by atoms with Crippen LogP contribution in [0.15, 0.2) is 67.8 Å². The molecule has 1 fully saturated rings. The average molecular weight is 558 g/mol. The largest absolute Gasteiger partial charge is 0.504 e. The fourth-order valence-electron chi connectivity index (χ4n) is 5.12. The summed E-state index contributed by atoms with van der Waals surface area (Å²) in [6.45, 7) is 7.57. The van der Waals surface area contributed by atoms with Crippen LogP contribution >= 0.6 is 0 Å². The number of amides is 1. The number of unbranched alkanes of at least 4 members (excludes halogenated alkanes) is 1. The van der Waals surface area contributed by atoms with Gasteiger partial charge in [-0.2, -0.15) is 0 Å². The molecule has 2 rings (SSSR count). The maximum Gasteiger partial charge on any atom is 0.224 e. The van der Waals surface area contributed by atoms with Crippen LogP contribution in [0.2, 0.25) is 0 Å². The summed E-state index contributed by atoms with van der Waals surface area (Å²) in [6, 6.07) is 4.27. The van der Waals surface area contributed by atoms with Crippen LogP contribution in [0.1, 0.15) is 56.9 Å². The van der Waals surface area contributed by atoms with Crippen molar-refractivity contribution in [2.75, 3.05) is 7.05 Å². The van der Waals surface area contributed by atoms with Gasteiger partial charge in [-0.25, -0.2) is 0 Å². The first-order chi connectivity index (χ1) is 19.1. The van der Waals surface area contributed by atoms with Gasteiger partial charge in [0.2, 0.25) is 5.91 Å². The second kappa shape index (κ2) is 17.0. The first-order valence-corrected chi connectivity index (χ1v) is 14.1. The molecule has 0 aromatic heterocycles. The quantitative estimate of drug-likeness (QED) is 0.0737. The molecule has 0 heterocycles. The molecule has 8 heteroatoms. The zero-order valence-corrected chi connectivity index (χ0v) is 23.6. The highest BCUT2D eigenvalue weighted by molar-refractivity contribution is 5.76. The lowest BCUT2D eigenvalue weighted by Crippen LogP contribution is -2.38. The third kappa shape index (κ3) is 10.6. The van der Waals surface area contributed by atoms with E-state index in [1.807, 2.05) is 30.4 Å². The van der Waals surface area contributed by atoms with Crippen LogP contribution in [0.3, 0.4) is 0 Å². The van der Waals surface area contributed by atoms with Crippen molar-refractivity contribution in [2.45, 2.75) is 82.3 Å². The minimum Gasteiger partial charge on any atom is -0.504 e. The Kier molecular flexibility index (Phi) is 14.2. The average Bonchev–Trinajstić information content (AvgIpc) is 3.19. The van der Waals surface area contributed by atoms with Crippen LogP contribution in [-0.2, 0) is 11.2 Å². The maximum atomic E-state index is 12.5. The van der Waals surface area contributed by atoms with Gasteiger partial charge in [-0.3, -0.25) is 4.79 Å². The van der Waals surface area contributed by atoms with Gasteiger partial charge in [0.05, 0.1) is 18.3 Å². The Balaban J connectivity index is 1.76. The number of nitrogens with zero attached hydrogens (tertiary/aromatic N) is 1. The maximum absolute atomic E-state index is 12.5. The Labute approximate surface area is 238 Å². The van der Waals surface area contributed by atoms with Crippen LogP contribution < -0.4 is 0 Å². The lowest BCUT2D eigenvalue weighted by molar-refractivity contribution is -0.138. The first-order valence-electron chi connectivity index (χ1n) is 14.1.